The number of hydrogen-bond acceptors (Lipinski definition) is 4. The van der Waals surface area contributed by atoms with Crippen LogP contribution in [0.4, 0.5) is 4.79 Å². The molecule has 1 heterocycles. The standard InChI is InChI=1S/C7H7N3O2/c11-7(12)10-9-5-6-1-3-8-4-2-6/h1-5,10H,(H,11,12)/p-1/b9-5+. The summed E-state index contributed by atoms with van der Waals surface area (Å²) in [5.74, 6) is 0. The Labute approximate surface area is 68.8 Å². The molecule has 1 rings (SSSR count). The number of carbonyl (C=O) groups is 1. The van der Waals surface area contributed by atoms with Crippen molar-refractivity contribution in [2.45, 2.75) is 0 Å². The molecule has 0 spiro atoms. The van der Waals surface area contributed by atoms with Gasteiger partial charge in [0.15, 0.2) is 6.09 Å². The zero-order chi connectivity index (χ0) is 8.81. The maximum atomic E-state index is 9.84. The Hall–Kier alpha value is -1.91. The van der Waals surface area contributed by atoms with E-state index in [0.717, 1.165) is 5.56 Å². The number of rotatable bonds is 2. The summed E-state index contributed by atoms with van der Waals surface area (Å²) in [4.78, 5) is 13.6. The Morgan fingerprint density at radius 1 is 1.58 bits per heavy atom. The molecule has 0 aromatic carbocycles. The van der Waals surface area contributed by atoms with Crippen molar-refractivity contribution in [3.8, 4) is 0 Å². The number of nitrogens with zero attached hydrogens (tertiary/aromatic N) is 2. The highest BCUT2D eigenvalue weighted by atomic mass is 16.4. The Morgan fingerprint density at radius 3 is 2.83 bits per heavy atom. The van der Waals surface area contributed by atoms with Crippen LogP contribution in [-0.2, 0) is 0 Å². The average molecular weight is 164 g/mol. The van der Waals surface area contributed by atoms with Crippen LogP contribution >= 0.6 is 0 Å². The largest absolute Gasteiger partial charge is 0.529 e. The molecule has 0 radical (unpaired) electrons. The van der Waals surface area contributed by atoms with Crippen LogP contribution in [0.2, 0.25) is 0 Å². The van der Waals surface area contributed by atoms with Gasteiger partial charge in [0, 0.05) is 12.4 Å². The normalized spacial score (nSPS) is 10.0. The van der Waals surface area contributed by atoms with Crippen molar-refractivity contribution in [1.82, 2.24) is 10.4 Å². The summed E-state index contributed by atoms with van der Waals surface area (Å²) in [5.41, 5.74) is 2.51. The molecule has 1 N–H and O–H groups in total. The third kappa shape index (κ3) is 2.78. The number of amides is 1. The molecule has 0 atom stereocenters. The van der Waals surface area contributed by atoms with E-state index in [0.29, 0.717) is 0 Å². The molecule has 0 saturated carbocycles. The van der Waals surface area contributed by atoms with Gasteiger partial charge in [-0.05, 0) is 17.7 Å². The molecule has 1 amide bonds. The molecule has 1 aromatic rings. The molecule has 0 bridgehead atoms. The number of carbonyl (C=O) groups excluding carboxylic acids is 1. The highest BCUT2D eigenvalue weighted by molar-refractivity contribution is 5.80. The van der Waals surface area contributed by atoms with E-state index in [1.807, 2.05) is 0 Å². The summed E-state index contributed by atoms with van der Waals surface area (Å²) < 4.78 is 0. The first-order valence-electron chi connectivity index (χ1n) is 3.19. The number of pyridine rings is 1. The lowest BCUT2D eigenvalue weighted by Crippen LogP contribution is -2.32. The molecule has 0 aliphatic rings. The van der Waals surface area contributed by atoms with Crippen molar-refractivity contribution in [1.29, 1.82) is 0 Å². The Morgan fingerprint density at radius 2 is 2.25 bits per heavy atom. The van der Waals surface area contributed by atoms with Crippen LogP contribution in [0, 0.1) is 0 Å². The number of hydrogen-bond donors (Lipinski definition) is 1. The van der Waals surface area contributed by atoms with Crippen LogP contribution in [0.3, 0.4) is 0 Å². The summed E-state index contributed by atoms with van der Waals surface area (Å²) in [7, 11) is 0. The molecule has 0 aliphatic carbocycles. The minimum atomic E-state index is -1.43. The maximum Gasteiger partial charge on any atom is 0.155 e. The summed E-state index contributed by atoms with van der Waals surface area (Å²) in [6, 6.07) is 3.39. The topological polar surface area (TPSA) is 77.4 Å². The van der Waals surface area contributed by atoms with Gasteiger partial charge in [0.2, 0.25) is 0 Å². The highest BCUT2D eigenvalue weighted by Gasteiger charge is 1.82. The molecule has 5 heteroatoms. The number of aromatic nitrogens is 1. The lowest BCUT2D eigenvalue weighted by atomic mass is 10.3. The van der Waals surface area contributed by atoms with Gasteiger partial charge in [-0.3, -0.25) is 10.4 Å². The third-order valence-corrected chi connectivity index (χ3v) is 1.08. The maximum absolute atomic E-state index is 9.84. The summed E-state index contributed by atoms with van der Waals surface area (Å²) >= 11 is 0. The van der Waals surface area contributed by atoms with Crippen LogP contribution in [0.25, 0.3) is 0 Å². The van der Waals surface area contributed by atoms with Crippen molar-refractivity contribution < 1.29 is 9.90 Å². The quantitative estimate of drug-likeness (QED) is 0.466. The average Bonchev–Trinajstić information content (AvgIpc) is 2.05. The molecule has 0 saturated heterocycles. The van der Waals surface area contributed by atoms with E-state index in [4.69, 9.17) is 0 Å². The van der Waals surface area contributed by atoms with E-state index >= 15 is 0 Å². The van der Waals surface area contributed by atoms with Crippen LogP contribution in [-0.4, -0.2) is 17.3 Å². The van der Waals surface area contributed by atoms with Gasteiger partial charge in [0.05, 0.1) is 6.21 Å². The van der Waals surface area contributed by atoms with Crippen molar-refractivity contribution >= 4 is 12.3 Å². The van der Waals surface area contributed by atoms with E-state index in [9.17, 15) is 9.90 Å². The lowest BCUT2D eigenvalue weighted by Gasteiger charge is -1.96. The van der Waals surface area contributed by atoms with Gasteiger partial charge in [-0.25, -0.2) is 0 Å². The fourth-order valence-corrected chi connectivity index (χ4v) is 0.609. The van der Waals surface area contributed by atoms with Gasteiger partial charge >= 0.3 is 0 Å². The van der Waals surface area contributed by atoms with Gasteiger partial charge in [-0.2, -0.15) is 5.10 Å². The van der Waals surface area contributed by atoms with Crippen LogP contribution in [0.1, 0.15) is 5.56 Å². The fourth-order valence-electron chi connectivity index (χ4n) is 0.609. The molecule has 12 heavy (non-hydrogen) atoms. The van der Waals surface area contributed by atoms with E-state index < -0.39 is 6.09 Å². The summed E-state index contributed by atoms with van der Waals surface area (Å²) in [6.07, 6.45) is 3.10. The first kappa shape index (κ1) is 8.19. The van der Waals surface area contributed by atoms with E-state index in [-0.39, 0.29) is 0 Å². The highest BCUT2D eigenvalue weighted by Crippen LogP contribution is 1.89. The Bertz CT molecular complexity index is 284. The zero-order valence-corrected chi connectivity index (χ0v) is 6.10. The second-order valence-electron chi connectivity index (χ2n) is 1.94. The molecule has 5 nitrogen and oxygen atoms in total. The summed E-state index contributed by atoms with van der Waals surface area (Å²) in [5, 5.41) is 13.2. The molecular formula is C7H6N3O2-. The first-order valence-corrected chi connectivity index (χ1v) is 3.19. The Balaban J connectivity index is 2.52. The van der Waals surface area contributed by atoms with Crippen LogP contribution in [0.15, 0.2) is 29.6 Å². The molecule has 0 unspecified atom stereocenters. The number of carboxylic acid groups (broad SMARTS) is 1. The first-order chi connectivity index (χ1) is 5.79. The van der Waals surface area contributed by atoms with Gasteiger partial charge in [-0.1, -0.05) is 0 Å². The second kappa shape index (κ2) is 4.07. The smallest absolute Gasteiger partial charge is 0.155 e. The fraction of sp³-hybridized carbons (Fsp3) is 0. The third-order valence-electron chi connectivity index (χ3n) is 1.08. The van der Waals surface area contributed by atoms with Crippen molar-refractivity contribution in [2.75, 3.05) is 0 Å². The number of nitrogens with one attached hydrogen (secondary N) is 1. The SMILES string of the molecule is O=C([O-])N/N=C/c1ccncc1. The Kier molecular flexibility index (Phi) is 2.78. The van der Waals surface area contributed by atoms with E-state index in [1.54, 1.807) is 30.0 Å². The van der Waals surface area contributed by atoms with Crippen molar-refractivity contribution in [3.05, 3.63) is 30.1 Å². The minimum absolute atomic E-state index is 0.763. The van der Waals surface area contributed by atoms with Gasteiger partial charge < -0.3 is 9.90 Å². The zero-order valence-electron chi connectivity index (χ0n) is 6.10. The van der Waals surface area contributed by atoms with Gasteiger partial charge in [0.25, 0.3) is 0 Å². The van der Waals surface area contributed by atoms with Crippen molar-refractivity contribution in [2.24, 2.45) is 5.10 Å². The monoisotopic (exact) mass is 164 g/mol. The molecule has 62 valence electrons. The molecule has 0 fully saturated rings. The van der Waals surface area contributed by atoms with Gasteiger partial charge in [0.1, 0.15) is 0 Å². The predicted octanol–water partition coefficient (Wildman–Crippen LogP) is -0.652. The number of hydrazone groups is 1. The molecule has 1 aromatic heterocycles. The summed E-state index contributed by atoms with van der Waals surface area (Å²) in [6.45, 7) is 0. The van der Waals surface area contributed by atoms with E-state index in [2.05, 4.69) is 10.1 Å². The lowest BCUT2D eigenvalue weighted by molar-refractivity contribution is -0.250. The van der Waals surface area contributed by atoms with Crippen LogP contribution in [0.5, 0.6) is 0 Å². The van der Waals surface area contributed by atoms with E-state index in [1.165, 1.54) is 6.21 Å². The molecule has 0 aliphatic heterocycles. The predicted molar refractivity (Wildman–Crippen MR) is 40.4 cm³/mol. The second-order valence-corrected chi connectivity index (χ2v) is 1.94. The van der Waals surface area contributed by atoms with Gasteiger partial charge in [-0.15, -0.1) is 0 Å². The van der Waals surface area contributed by atoms with Crippen molar-refractivity contribution in [3.63, 3.8) is 0 Å². The minimum Gasteiger partial charge on any atom is -0.529 e. The van der Waals surface area contributed by atoms with Crippen LogP contribution < -0.4 is 10.5 Å². The molecular weight excluding hydrogens is 158 g/mol.